The average Bonchev–Trinajstić information content (AvgIpc) is 2.41. The average molecular weight is 278 g/mol. The van der Waals surface area contributed by atoms with Gasteiger partial charge in [0.2, 0.25) is 0 Å². The van der Waals surface area contributed by atoms with Gasteiger partial charge in [0.15, 0.2) is 5.03 Å². The second-order valence-electron chi connectivity index (χ2n) is 3.85. The van der Waals surface area contributed by atoms with Crippen molar-refractivity contribution in [1.29, 1.82) is 0 Å². The molecule has 2 aromatic heterocycles. The Labute approximate surface area is 112 Å². The van der Waals surface area contributed by atoms with E-state index in [1.54, 1.807) is 44.4 Å². The van der Waals surface area contributed by atoms with E-state index in [1.807, 2.05) is 0 Å². The summed E-state index contributed by atoms with van der Waals surface area (Å²) in [4.78, 5) is 7.95. The largest absolute Gasteiger partial charge is 0.386 e. The first kappa shape index (κ1) is 13.3. The number of pyridine rings is 2. The van der Waals surface area contributed by atoms with Gasteiger partial charge in [0.25, 0.3) is 10.0 Å². The number of aromatic nitrogens is 2. The van der Waals surface area contributed by atoms with Crippen LogP contribution in [0.3, 0.4) is 0 Å². The molecule has 0 aromatic carbocycles. The molecule has 19 heavy (non-hydrogen) atoms. The Kier molecular flexibility index (Phi) is 3.66. The van der Waals surface area contributed by atoms with Crippen molar-refractivity contribution < 1.29 is 8.42 Å². The third-order valence-electron chi connectivity index (χ3n) is 2.55. The molecule has 2 rings (SSSR count). The molecule has 6 nitrogen and oxygen atoms in total. The maximum Gasteiger partial charge on any atom is 0.281 e. The van der Waals surface area contributed by atoms with Crippen LogP contribution >= 0.6 is 0 Å². The van der Waals surface area contributed by atoms with Gasteiger partial charge < -0.3 is 5.32 Å². The predicted molar refractivity (Wildman–Crippen MR) is 73.6 cm³/mol. The summed E-state index contributed by atoms with van der Waals surface area (Å²) in [5.74, 6) is 0. The van der Waals surface area contributed by atoms with Crippen molar-refractivity contribution in [3.05, 3.63) is 42.4 Å². The molecule has 0 aliphatic rings. The van der Waals surface area contributed by atoms with Crippen LogP contribution in [-0.2, 0) is 10.0 Å². The molecule has 0 radical (unpaired) electrons. The quantitative estimate of drug-likeness (QED) is 0.888. The molecule has 0 aliphatic heterocycles. The molecule has 0 atom stereocenters. The van der Waals surface area contributed by atoms with Crippen molar-refractivity contribution in [3.8, 4) is 0 Å². The van der Waals surface area contributed by atoms with E-state index >= 15 is 0 Å². The van der Waals surface area contributed by atoms with Gasteiger partial charge in [-0.1, -0.05) is 0 Å². The SMILES string of the molecule is CNc1cccnc1S(=O)(=O)Nc1cccnc1C. The Morgan fingerprint density at radius 1 is 1.05 bits per heavy atom. The van der Waals surface area contributed by atoms with E-state index in [4.69, 9.17) is 0 Å². The van der Waals surface area contributed by atoms with Crippen LogP contribution < -0.4 is 10.0 Å². The minimum atomic E-state index is -3.74. The van der Waals surface area contributed by atoms with Gasteiger partial charge in [0.1, 0.15) is 0 Å². The summed E-state index contributed by atoms with van der Waals surface area (Å²) in [5.41, 5.74) is 1.49. The van der Waals surface area contributed by atoms with Gasteiger partial charge in [-0.3, -0.25) is 9.71 Å². The van der Waals surface area contributed by atoms with Crippen LogP contribution in [0.5, 0.6) is 0 Å². The van der Waals surface area contributed by atoms with Gasteiger partial charge in [0.05, 0.1) is 17.1 Å². The molecule has 100 valence electrons. The third kappa shape index (κ3) is 2.82. The number of aryl methyl sites for hydroxylation is 1. The molecule has 2 N–H and O–H groups in total. The fourth-order valence-corrected chi connectivity index (χ4v) is 2.84. The van der Waals surface area contributed by atoms with Crippen LogP contribution in [0.15, 0.2) is 41.7 Å². The summed E-state index contributed by atoms with van der Waals surface area (Å²) in [6.07, 6.45) is 3.04. The summed E-state index contributed by atoms with van der Waals surface area (Å²) in [6.45, 7) is 1.73. The molecule has 7 heteroatoms. The number of rotatable bonds is 4. The van der Waals surface area contributed by atoms with Crippen molar-refractivity contribution in [3.63, 3.8) is 0 Å². The zero-order valence-corrected chi connectivity index (χ0v) is 11.4. The molecule has 0 unspecified atom stereocenters. The standard InChI is InChI=1S/C12H14N4O2S/c1-9-10(5-3-7-14-9)16-19(17,18)12-11(13-2)6-4-8-15-12/h3-8,13,16H,1-2H3. The highest BCUT2D eigenvalue weighted by Crippen LogP contribution is 2.21. The number of hydrogen-bond acceptors (Lipinski definition) is 5. The first-order valence-electron chi connectivity index (χ1n) is 5.62. The number of sulfonamides is 1. The lowest BCUT2D eigenvalue weighted by atomic mass is 10.3. The second kappa shape index (κ2) is 5.23. The van der Waals surface area contributed by atoms with Gasteiger partial charge >= 0.3 is 0 Å². The predicted octanol–water partition coefficient (Wildman–Crippen LogP) is 1.63. The van der Waals surface area contributed by atoms with E-state index in [-0.39, 0.29) is 5.03 Å². The highest BCUT2D eigenvalue weighted by Gasteiger charge is 2.20. The maximum absolute atomic E-state index is 12.3. The zero-order valence-electron chi connectivity index (χ0n) is 10.6. The van der Waals surface area contributed by atoms with Crippen molar-refractivity contribution in [2.45, 2.75) is 11.9 Å². The number of nitrogens with one attached hydrogen (secondary N) is 2. The zero-order chi connectivity index (χ0) is 13.9. The molecule has 0 fully saturated rings. The van der Waals surface area contributed by atoms with Gasteiger partial charge in [0, 0.05) is 19.4 Å². The maximum atomic E-state index is 12.3. The van der Waals surface area contributed by atoms with Gasteiger partial charge in [-0.15, -0.1) is 0 Å². The lowest BCUT2D eigenvalue weighted by Crippen LogP contribution is -2.17. The highest BCUT2D eigenvalue weighted by atomic mass is 32.2. The summed E-state index contributed by atoms with van der Waals surface area (Å²) in [7, 11) is -2.10. The minimum Gasteiger partial charge on any atom is -0.386 e. The molecular formula is C12H14N4O2S. The molecule has 0 aliphatic carbocycles. The van der Waals surface area contributed by atoms with Crippen molar-refractivity contribution in [2.75, 3.05) is 17.1 Å². The van der Waals surface area contributed by atoms with Crippen molar-refractivity contribution in [1.82, 2.24) is 9.97 Å². The van der Waals surface area contributed by atoms with Crippen molar-refractivity contribution >= 4 is 21.4 Å². The Bertz CT molecular complexity index is 686. The van der Waals surface area contributed by atoms with Gasteiger partial charge in [-0.05, 0) is 31.2 Å². The number of anilines is 2. The van der Waals surface area contributed by atoms with Crippen molar-refractivity contribution in [2.24, 2.45) is 0 Å². The fraction of sp³-hybridized carbons (Fsp3) is 0.167. The molecule has 2 heterocycles. The van der Waals surface area contributed by atoms with E-state index in [2.05, 4.69) is 20.0 Å². The Hall–Kier alpha value is -2.15. The third-order valence-corrected chi connectivity index (χ3v) is 3.87. The van der Waals surface area contributed by atoms with Crippen LogP contribution in [0, 0.1) is 6.92 Å². The Morgan fingerprint density at radius 3 is 2.32 bits per heavy atom. The van der Waals surface area contributed by atoms with E-state index in [0.29, 0.717) is 17.1 Å². The summed E-state index contributed by atoms with van der Waals surface area (Å²) in [5, 5.41) is 2.76. The fourth-order valence-electron chi connectivity index (χ4n) is 1.58. The molecule has 0 bridgehead atoms. The summed E-state index contributed by atoms with van der Waals surface area (Å²) >= 11 is 0. The monoisotopic (exact) mass is 278 g/mol. The molecular weight excluding hydrogens is 264 g/mol. The minimum absolute atomic E-state index is 0.0410. The van der Waals surface area contributed by atoms with Gasteiger partial charge in [-0.25, -0.2) is 4.98 Å². The van der Waals surface area contributed by atoms with E-state index in [0.717, 1.165) is 0 Å². The first-order valence-corrected chi connectivity index (χ1v) is 7.10. The number of nitrogens with zero attached hydrogens (tertiary/aromatic N) is 2. The lowest BCUT2D eigenvalue weighted by Gasteiger charge is -2.11. The van der Waals surface area contributed by atoms with Crippen LogP contribution in [0.4, 0.5) is 11.4 Å². The van der Waals surface area contributed by atoms with Gasteiger partial charge in [-0.2, -0.15) is 8.42 Å². The summed E-state index contributed by atoms with van der Waals surface area (Å²) < 4.78 is 27.1. The Balaban J connectivity index is 2.41. The molecule has 2 aromatic rings. The highest BCUT2D eigenvalue weighted by molar-refractivity contribution is 7.92. The molecule has 0 spiro atoms. The first-order chi connectivity index (χ1) is 9.04. The van der Waals surface area contributed by atoms with Crippen LogP contribution in [0.1, 0.15) is 5.69 Å². The van der Waals surface area contributed by atoms with Crippen LogP contribution in [0.2, 0.25) is 0 Å². The lowest BCUT2D eigenvalue weighted by molar-refractivity contribution is 0.598. The molecule has 0 saturated heterocycles. The van der Waals surface area contributed by atoms with E-state index in [1.165, 1.54) is 6.20 Å². The van der Waals surface area contributed by atoms with E-state index < -0.39 is 10.0 Å². The summed E-state index contributed by atoms with van der Waals surface area (Å²) in [6, 6.07) is 6.64. The van der Waals surface area contributed by atoms with Crippen LogP contribution in [-0.4, -0.2) is 25.4 Å². The number of hydrogen-bond donors (Lipinski definition) is 2. The van der Waals surface area contributed by atoms with Crippen LogP contribution in [0.25, 0.3) is 0 Å². The molecule has 0 amide bonds. The van der Waals surface area contributed by atoms with E-state index in [9.17, 15) is 8.42 Å². The smallest absolute Gasteiger partial charge is 0.281 e. The molecule has 0 saturated carbocycles. The topological polar surface area (TPSA) is 84.0 Å². The second-order valence-corrected chi connectivity index (χ2v) is 5.45. The normalized spacial score (nSPS) is 11.1. The Morgan fingerprint density at radius 2 is 1.68 bits per heavy atom.